The van der Waals surface area contributed by atoms with Crippen molar-refractivity contribution in [2.75, 3.05) is 26.0 Å². The first kappa shape index (κ1) is 20.4. The molecule has 1 aromatic heterocycles. The molecule has 0 bridgehead atoms. The van der Waals surface area contributed by atoms with Gasteiger partial charge in [0.2, 0.25) is 0 Å². The minimum Gasteiger partial charge on any atom is -0.496 e. The Morgan fingerprint density at radius 2 is 1.71 bits per heavy atom. The number of ether oxygens (including phenoxy) is 2. The van der Waals surface area contributed by atoms with Gasteiger partial charge in [0, 0.05) is 16.3 Å². The normalized spacial score (nSPS) is 11.9. The van der Waals surface area contributed by atoms with Gasteiger partial charge in [-0.1, -0.05) is 49.6 Å². The molecule has 0 amide bonds. The third kappa shape index (κ3) is 4.06. The second-order valence-corrected chi connectivity index (χ2v) is 7.31. The number of benzene rings is 2. The monoisotopic (exact) mass is 393 g/mol. The smallest absolute Gasteiger partial charge is 0.111 e. The first-order valence-corrected chi connectivity index (χ1v) is 10.3. The lowest BCUT2D eigenvalue weighted by Gasteiger charge is -2.09. The van der Waals surface area contributed by atoms with Crippen LogP contribution < -0.4 is 0 Å². The van der Waals surface area contributed by atoms with Crippen molar-refractivity contribution >= 4 is 49.3 Å². The largest absolute Gasteiger partial charge is 0.496 e. The van der Waals surface area contributed by atoms with Crippen LogP contribution in [-0.2, 0) is 9.47 Å². The van der Waals surface area contributed by atoms with E-state index < -0.39 is 0 Å². The van der Waals surface area contributed by atoms with Crippen molar-refractivity contribution in [1.82, 2.24) is 4.98 Å². The average molecular weight is 393 g/mol. The molecule has 0 aliphatic heterocycles. The molecule has 1 heterocycles. The standard InChI is InChI=1S/C24H28NO2P/c1-5-18-7-9-21-22-10-8-19(15-16(3)27-12-11-26-13-14-28)20(6-2)24(22)25-23(21)17(18)4/h5-10,15,25H,1-2,11-14,28H2,3-4H3/b16-15+. The van der Waals surface area contributed by atoms with Gasteiger partial charge in [-0.25, -0.2) is 0 Å². The van der Waals surface area contributed by atoms with E-state index in [0.717, 1.165) is 46.3 Å². The first-order chi connectivity index (χ1) is 13.6. The Hall–Kier alpha value is -2.35. The first-order valence-electron chi connectivity index (χ1n) is 9.52. The van der Waals surface area contributed by atoms with E-state index in [1.807, 2.05) is 19.1 Å². The molecule has 1 atom stereocenters. The number of aromatic nitrogens is 1. The molecule has 0 saturated carbocycles. The maximum absolute atomic E-state index is 5.79. The molecule has 3 nitrogen and oxygen atoms in total. The fourth-order valence-corrected chi connectivity index (χ4v) is 3.67. The number of nitrogens with one attached hydrogen (secondary N) is 1. The van der Waals surface area contributed by atoms with E-state index in [0.29, 0.717) is 13.2 Å². The quantitative estimate of drug-likeness (QED) is 0.267. The minimum absolute atomic E-state index is 0.550. The van der Waals surface area contributed by atoms with E-state index in [-0.39, 0.29) is 0 Å². The Morgan fingerprint density at radius 1 is 1.00 bits per heavy atom. The van der Waals surface area contributed by atoms with E-state index in [1.54, 1.807) is 0 Å². The molecular formula is C24H28NO2P. The lowest BCUT2D eigenvalue weighted by atomic mass is 10.0. The average Bonchev–Trinajstić information content (AvgIpc) is 3.07. The Balaban J connectivity index is 1.97. The summed E-state index contributed by atoms with van der Waals surface area (Å²) in [5.74, 6) is 0.859. The molecule has 1 unspecified atom stereocenters. The van der Waals surface area contributed by atoms with E-state index >= 15 is 0 Å². The van der Waals surface area contributed by atoms with E-state index in [1.165, 1.54) is 16.3 Å². The zero-order chi connectivity index (χ0) is 20.1. The summed E-state index contributed by atoms with van der Waals surface area (Å²) in [6.45, 7) is 13.9. The zero-order valence-electron chi connectivity index (χ0n) is 16.7. The van der Waals surface area contributed by atoms with Gasteiger partial charge in [-0.3, -0.25) is 0 Å². The molecule has 0 saturated heterocycles. The van der Waals surface area contributed by atoms with Crippen LogP contribution in [0.3, 0.4) is 0 Å². The lowest BCUT2D eigenvalue weighted by Crippen LogP contribution is -2.04. The predicted molar refractivity (Wildman–Crippen MR) is 126 cm³/mol. The van der Waals surface area contributed by atoms with Crippen LogP contribution in [0, 0.1) is 6.92 Å². The Bertz CT molecular complexity index is 1050. The summed E-state index contributed by atoms with van der Waals surface area (Å²) in [6, 6.07) is 8.57. The topological polar surface area (TPSA) is 34.2 Å². The molecule has 2 aromatic carbocycles. The van der Waals surface area contributed by atoms with Crippen LogP contribution in [0.15, 0.2) is 43.2 Å². The molecular weight excluding hydrogens is 365 g/mol. The van der Waals surface area contributed by atoms with Gasteiger partial charge in [0.15, 0.2) is 0 Å². The van der Waals surface area contributed by atoms with Crippen LogP contribution in [0.1, 0.15) is 29.2 Å². The fraction of sp³-hybridized carbons (Fsp3) is 0.250. The van der Waals surface area contributed by atoms with Crippen LogP contribution in [0.25, 0.3) is 40.0 Å². The lowest BCUT2D eigenvalue weighted by molar-refractivity contribution is 0.0859. The molecule has 3 aromatic rings. The highest BCUT2D eigenvalue weighted by Crippen LogP contribution is 2.33. The van der Waals surface area contributed by atoms with Crippen LogP contribution in [0.4, 0.5) is 0 Å². The minimum atomic E-state index is 0.550. The van der Waals surface area contributed by atoms with Gasteiger partial charge >= 0.3 is 0 Å². The van der Waals surface area contributed by atoms with Crippen LogP contribution >= 0.6 is 9.24 Å². The molecule has 4 heteroatoms. The van der Waals surface area contributed by atoms with Crippen LogP contribution in [0.2, 0.25) is 0 Å². The molecule has 0 aliphatic carbocycles. The summed E-state index contributed by atoms with van der Waals surface area (Å²) in [5.41, 5.74) is 6.76. The van der Waals surface area contributed by atoms with Crippen molar-refractivity contribution in [3.8, 4) is 0 Å². The molecule has 28 heavy (non-hydrogen) atoms. The van der Waals surface area contributed by atoms with E-state index in [2.05, 4.69) is 64.6 Å². The number of hydrogen-bond acceptors (Lipinski definition) is 2. The summed E-state index contributed by atoms with van der Waals surface area (Å²) < 4.78 is 11.2. The summed E-state index contributed by atoms with van der Waals surface area (Å²) in [5, 5.41) is 2.42. The van der Waals surface area contributed by atoms with Crippen molar-refractivity contribution in [1.29, 1.82) is 0 Å². The summed E-state index contributed by atoms with van der Waals surface area (Å²) in [6.07, 6.45) is 6.80. The number of fused-ring (bicyclic) bond motifs is 3. The van der Waals surface area contributed by atoms with Crippen molar-refractivity contribution in [2.24, 2.45) is 0 Å². The molecule has 146 valence electrons. The number of aryl methyl sites for hydroxylation is 1. The highest BCUT2D eigenvalue weighted by Gasteiger charge is 2.12. The maximum atomic E-state index is 5.79. The molecule has 0 aliphatic rings. The second kappa shape index (κ2) is 9.23. The molecule has 3 rings (SSSR count). The highest BCUT2D eigenvalue weighted by atomic mass is 31.0. The zero-order valence-corrected chi connectivity index (χ0v) is 17.8. The number of aromatic amines is 1. The summed E-state index contributed by atoms with van der Waals surface area (Å²) in [7, 11) is 2.65. The maximum Gasteiger partial charge on any atom is 0.111 e. The van der Waals surface area contributed by atoms with Gasteiger partial charge in [-0.15, -0.1) is 9.24 Å². The number of H-pyrrole nitrogens is 1. The Kier molecular flexibility index (Phi) is 6.72. The summed E-state index contributed by atoms with van der Waals surface area (Å²) in [4.78, 5) is 3.61. The van der Waals surface area contributed by atoms with Crippen molar-refractivity contribution in [2.45, 2.75) is 13.8 Å². The van der Waals surface area contributed by atoms with Gasteiger partial charge in [-0.2, -0.15) is 0 Å². The number of hydrogen-bond donors (Lipinski definition) is 1. The van der Waals surface area contributed by atoms with Gasteiger partial charge in [0.25, 0.3) is 0 Å². The highest BCUT2D eigenvalue weighted by molar-refractivity contribution is 7.16. The Labute approximate surface area is 169 Å². The van der Waals surface area contributed by atoms with Crippen molar-refractivity contribution in [3.05, 3.63) is 65.4 Å². The number of rotatable bonds is 9. The third-order valence-corrected chi connectivity index (χ3v) is 5.16. The number of allylic oxidation sites excluding steroid dienone is 1. The third-order valence-electron chi connectivity index (χ3n) is 4.93. The van der Waals surface area contributed by atoms with Gasteiger partial charge in [0.1, 0.15) is 6.61 Å². The SMILES string of the molecule is C=Cc1ccc2c([nH]c3c(C=C)c(/C=C(\C)OCCOCCP)ccc32)c1C. The summed E-state index contributed by atoms with van der Waals surface area (Å²) >= 11 is 0. The molecule has 0 radical (unpaired) electrons. The molecule has 1 N–H and O–H groups in total. The van der Waals surface area contributed by atoms with Gasteiger partial charge in [0.05, 0.1) is 30.0 Å². The molecule has 0 spiro atoms. The van der Waals surface area contributed by atoms with Gasteiger partial charge < -0.3 is 14.5 Å². The van der Waals surface area contributed by atoms with Crippen LogP contribution in [-0.4, -0.2) is 31.0 Å². The van der Waals surface area contributed by atoms with E-state index in [9.17, 15) is 0 Å². The van der Waals surface area contributed by atoms with Crippen molar-refractivity contribution < 1.29 is 9.47 Å². The van der Waals surface area contributed by atoms with E-state index in [4.69, 9.17) is 9.47 Å². The second-order valence-electron chi connectivity index (χ2n) is 6.73. The van der Waals surface area contributed by atoms with Crippen molar-refractivity contribution in [3.63, 3.8) is 0 Å². The van der Waals surface area contributed by atoms with Gasteiger partial charge in [-0.05, 0) is 42.8 Å². The fourth-order valence-electron chi connectivity index (χ4n) is 3.51. The molecule has 0 fully saturated rings. The Morgan fingerprint density at radius 3 is 2.39 bits per heavy atom. The van der Waals surface area contributed by atoms with Crippen LogP contribution in [0.5, 0.6) is 0 Å². The predicted octanol–water partition coefficient (Wildman–Crippen LogP) is 6.18.